The Morgan fingerprint density at radius 3 is 2.55 bits per heavy atom. The van der Waals surface area contributed by atoms with Gasteiger partial charge in [0.2, 0.25) is 5.91 Å². The van der Waals surface area contributed by atoms with Gasteiger partial charge in [0.15, 0.2) is 0 Å². The van der Waals surface area contributed by atoms with Crippen LogP contribution in [0, 0.1) is 18.3 Å². The number of hydrogen-bond donors (Lipinski definition) is 1. The summed E-state index contributed by atoms with van der Waals surface area (Å²) in [6, 6.07) is 12.1. The van der Waals surface area contributed by atoms with Gasteiger partial charge in [-0.1, -0.05) is 18.6 Å². The maximum absolute atomic E-state index is 12.3. The highest BCUT2D eigenvalue weighted by Crippen LogP contribution is 2.65. The van der Waals surface area contributed by atoms with Gasteiger partial charge in [-0.2, -0.15) is 0 Å². The van der Waals surface area contributed by atoms with E-state index < -0.39 is 0 Å². The largest absolute Gasteiger partial charge is 0.326 e. The van der Waals surface area contributed by atoms with Crippen molar-refractivity contribution in [3.63, 3.8) is 0 Å². The second-order valence-electron chi connectivity index (χ2n) is 6.73. The molecule has 1 aromatic carbocycles. The van der Waals surface area contributed by atoms with Gasteiger partial charge in [0, 0.05) is 23.5 Å². The molecule has 1 aromatic heterocycles. The SMILES string of the molecule is Cc1cc(-c2ccc(NC(=O)C3CC34CCC4)cc2)ccn1. The number of carbonyl (C=O) groups excluding carboxylic acids is 1. The van der Waals surface area contributed by atoms with Gasteiger partial charge in [0.25, 0.3) is 0 Å². The van der Waals surface area contributed by atoms with Crippen LogP contribution in [0.15, 0.2) is 42.6 Å². The van der Waals surface area contributed by atoms with Gasteiger partial charge in [-0.3, -0.25) is 9.78 Å². The van der Waals surface area contributed by atoms with Crippen molar-refractivity contribution < 1.29 is 4.79 Å². The highest BCUT2D eigenvalue weighted by atomic mass is 16.2. The number of anilines is 1. The van der Waals surface area contributed by atoms with Gasteiger partial charge in [0.05, 0.1) is 0 Å². The Labute approximate surface area is 130 Å². The van der Waals surface area contributed by atoms with Crippen LogP contribution in [-0.4, -0.2) is 10.9 Å². The smallest absolute Gasteiger partial charge is 0.228 e. The number of pyridine rings is 1. The predicted octanol–water partition coefficient (Wildman–Crippen LogP) is 4.19. The third kappa shape index (κ3) is 2.31. The molecule has 1 spiro atoms. The van der Waals surface area contributed by atoms with E-state index in [0.29, 0.717) is 5.41 Å². The van der Waals surface area contributed by atoms with Crippen LogP contribution in [0.1, 0.15) is 31.4 Å². The summed E-state index contributed by atoms with van der Waals surface area (Å²) in [7, 11) is 0. The monoisotopic (exact) mass is 292 g/mol. The summed E-state index contributed by atoms with van der Waals surface area (Å²) in [5, 5.41) is 3.07. The molecule has 0 aliphatic heterocycles. The molecule has 3 nitrogen and oxygen atoms in total. The van der Waals surface area contributed by atoms with Crippen molar-refractivity contribution in [3.8, 4) is 11.1 Å². The number of rotatable bonds is 3. The Bertz CT molecular complexity index is 716. The van der Waals surface area contributed by atoms with Crippen LogP contribution in [0.4, 0.5) is 5.69 Å². The Hall–Kier alpha value is -2.16. The topological polar surface area (TPSA) is 42.0 Å². The molecular formula is C19H20N2O. The van der Waals surface area contributed by atoms with E-state index in [1.165, 1.54) is 19.3 Å². The number of hydrogen-bond acceptors (Lipinski definition) is 2. The fourth-order valence-electron chi connectivity index (χ4n) is 3.60. The summed E-state index contributed by atoms with van der Waals surface area (Å²) in [4.78, 5) is 16.5. The molecule has 0 saturated heterocycles. The zero-order chi connectivity index (χ0) is 15.2. The van der Waals surface area contributed by atoms with Gasteiger partial charge in [-0.15, -0.1) is 0 Å². The quantitative estimate of drug-likeness (QED) is 0.921. The highest BCUT2D eigenvalue weighted by molar-refractivity contribution is 5.95. The summed E-state index contributed by atoms with van der Waals surface area (Å²) in [5.41, 5.74) is 4.58. The minimum atomic E-state index is 0.201. The van der Waals surface area contributed by atoms with Crippen LogP contribution in [0.3, 0.4) is 0 Å². The third-order valence-corrected chi connectivity index (χ3v) is 5.24. The van der Waals surface area contributed by atoms with Gasteiger partial charge < -0.3 is 5.32 Å². The number of aromatic nitrogens is 1. The summed E-state index contributed by atoms with van der Waals surface area (Å²) in [6.45, 7) is 1.99. The zero-order valence-corrected chi connectivity index (χ0v) is 12.8. The molecule has 0 radical (unpaired) electrons. The van der Waals surface area contributed by atoms with Gasteiger partial charge >= 0.3 is 0 Å². The van der Waals surface area contributed by atoms with Crippen LogP contribution in [0.25, 0.3) is 11.1 Å². The Morgan fingerprint density at radius 2 is 1.95 bits per heavy atom. The van der Waals surface area contributed by atoms with E-state index in [1.54, 1.807) is 0 Å². The number of amides is 1. The molecule has 3 heteroatoms. The molecule has 1 unspecified atom stereocenters. The van der Waals surface area contributed by atoms with Gasteiger partial charge in [0.1, 0.15) is 0 Å². The highest BCUT2D eigenvalue weighted by Gasteiger charge is 2.60. The molecule has 2 fully saturated rings. The standard InChI is InChI=1S/C19H20N2O/c1-13-11-15(7-10-20-13)14-3-5-16(6-4-14)21-18(22)17-12-19(17)8-2-9-19/h3-7,10-11,17H,2,8-9,12H2,1H3,(H,21,22). The maximum atomic E-state index is 12.3. The van der Waals surface area contributed by atoms with E-state index in [1.807, 2.05) is 31.3 Å². The molecule has 0 bridgehead atoms. The van der Waals surface area contributed by atoms with Crippen molar-refractivity contribution in [2.24, 2.45) is 11.3 Å². The minimum Gasteiger partial charge on any atom is -0.326 e. The predicted molar refractivity (Wildman–Crippen MR) is 87.4 cm³/mol. The van der Waals surface area contributed by atoms with E-state index in [2.05, 4.69) is 28.5 Å². The average molecular weight is 292 g/mol. The average Bonchev–Trinajstić information content (AvgIpc) is 3.24. The number of carbonyl (C=O) groups is 1. The Balaban J connectivity index is 1.45. The molecule has 2 aromatic rings. The van der Waals surface area contributed by atoms with Crippen LogP contribution < -0.4 is 5.32 Å². The summed E-state index contributed by atoms with van der Waals surface area (Å²) in [6.07, 6.45) is 6.69. The molecule has 1 heterocycles. The third-order valence-electron chi connectivity index (χ3n) is 5.24. The van der Waals surface area contributed by atoms with Crippen molar-refractivity contribution in [1.29, 1.82) is 0 Å². The molecule has 4 rings (SSSR count). The molecule has 2 aliphatic carbocycles. The van der Waals surface area contributed by atoms with Crippen LogP contribution in [0.5, 0.6) is 0 Å². The summed E-state index contributed by atoms with van der Waals surface area (Å²) < 4.78 is 0. The van der Waals surface area contributed by atoms with Gasteiger partial charge in [-0.05, 0) is 67.0 Å². The maximum Gasteiger partial charge on any atom is 0.228 e. The summed E-state index contributed by atoms with van der Waals surface area (Å²) >= 11 is 0. The van der Waals surface area contributed by atoms with Crippen molar-refractivity contribution in [2.75, 3.05) is 5.32 Å². The lowest BCUT2D eigenvalue weighted by molar-refractivity contribution is -0.118. The van der Waals surface area contributed by atoms with Crippen LogP contribution in [-0.2, 0) is 4.79 Å². The van der Waals surface area contributed by atoms with E-state index in [0.717, 1.165) is 28.9 Å². The number of nitrogens with zero attached hydrogens (tertiary/aromatic N) is 1. The second-order valence-corrected chi connectivity index (χ2v) is 6.73. The summed E-state index contributed by atoms with van der Waals surface area (Å²) in [5.74, 6) is 0.455. The van der Waals surface area contributed by atoms with Crippen molar-refractivity contribution in [1.82, 2.24) is 4.98 Å². The first-order chi connectivity index (χ1) is 10.7. The minimum absolute atomic E-state index is 0.201. The van der Waals surface area contributed by atoms with Crippen molar-refractivity contribution >= 4 is 11.6 Å². The lowest BCUT2D eigenvalue weighted by Gasteiger charge is -2.26. The molecule has 2 saturated carbocycles. The Morgan fingerprint density at radius 1 is 1.18 bits per heavy atom. The van der Waals surface area contributed by atoms with Crippen molar-refractivity contribution in [3.05, 3.63) is 48.3 Å². The number of nitrogens with one attached hydrogen (secondary N) is 1. The van der Waals surface area contributed by atoms with Crippen molar-refractivity contribution in [2.45, 2.75) is 32.6 Å². The van der Waals surface area contributed by atoms with Gasteiger partial charge in [-0.25, -0.2) is 0 Å². The van der Waals surface area contributed by atoms with Crippen LogP contribution >= 0.6 is 0 Å². The van der Waals surface area contributed by atoms with E-state index in [-0.39, 0.29) is 11.8 Å². The molecule has 112 valence electrons. The first-order valence-electron chi connectivity index (χ1n) is 8.00. The van der Waals surface area contributed by atoms with E-state index in [9.17, 15) is 4.79 Å². The van der Waals surface area contributed by atoms with E-state index in [4.69, 9.17) is 0 Å². The molecule has 1 amide bonds. The molecule has 1 atom stereocenters. The van der Waals surface area contributed by atoms with E-state index >= 15 is 0 Å². The Kier molecular flexibility index (Phi) is 3.03. The first kappa shape index (κ1) is 13.5. The number of aryl methyl sites for hydroxylation is 1. The lowest BCUT2D eigenvalue weighted by atomic mass is 9.79. The fraction of sp³-hybridized carbons (Fsp3) is 0.368. The normalized spacial score (nSPS) is 21.2. The molecular weight excluding hydrogens is 272 g/mol. The first-order valence-corrected chi connectivity index (χ1v) is 8.00. The lowest BCUT2D eigenvalue weighted by Crippen LogP contribution is -2.23. The second kappa shape index (κ2) is 4.94. The fourth-order valence-corrected chi connectivity index (χ4v) is 3.60. The molecule has 2 aliphatic rings. The zero-order valence-electron chi connectivity index (χ0n) is 12.8. The number of benzene rings is 1. The van der Waals surface area contributed by atoms with Crippen LogP contribution in [0.2, 0.25) is 0 Å². The molecule has 1 N–H and O–H groups in total. The molecule has 22 heavy (non-hydrogen) atoms.